The quantitative estimate of drug-likeness (QED) is 0.833. The fourth-order valence-corrected chi connectivity index (χ4v) is 2.66. The van der Waals surface area contributed by atoms with Crippen molar-refractivity contribution in [3.05, 3.63) is 21.9 Å². The molecule has 18 heavy (non-hydrogen) atoms. The first-order valence-electron chi connectivity index (χ1n) is 5.86. The molecular weight excluding hydrogens is 318 g/mol. The zero-order valence-corrected chi connectivity index (χ0v) is 12.2. The van der Waals surface area contributed by atoms with Crippen LogP contribution in [0.4, 0.5) is 5.69 Å². The minimum absolute atomic E-state index is 0.00397. The van der Waals surface area contributed by atoms with Crippen LogP contribution in [0, 0.1) is 5.41 Å². The Balaban J connectivity index is 2.00. The second-order valence-corrected chi connectivity index (χ2v) is 6.05. The molecule has 6 heteroatoms. The number of pyridine rings is 1. The summed E-state index contributed by atoms with van der Waals surface area (Å²) in [4.78, 5) is 15.9. The van der Waals surface area contributed by atoms with Crippen LogP contribution in [0.15, 0.2) is 16.7 Å². The molecule has 2 rings (SSSR count). The van der Waals surface area contributed by atoms with E-state index in [9.17, 15) is 4.79 Å². The number of amides is 1. The fourth-order valence-electron chi connectivity index (χ4n) is 2.18. The number of nitrogens with one attached hydrogen (secondary N) is 1. The summed E-state index contributed by atoms with van der Waals surface area (Å²) in [5.41, 5.74) is 6.26. The van der Waals surface area contributed by atoms with Crippen molar-refractivity contribution in [3.63, 3.8) is 0 Å². The van der Waals surface area contributed by atoms with Crippen molar-refractivity contribution in [2.45, 2.75) is 25.7 Å². The highest BCUT2D eigenvalue weighted by atomic mass is 79.9. The van der Waals surface area contributed by atoms with Crippen molar-refractivity contribution in [3.8, 4) is 0 Å². The zero-order valence-electron chi connectivity index (χ0n) is 9.88. The van der Waals surface area contributed by atoms with Gasteiger partial charge in [0.1, 0.15) is 0 Å². The van der Waals surface area contributed by atoms with Gasteiger partial charge in [-0.1, -0.05) is 18.0 Å². The third-order valence-electron chi connectivity index (χ3n) is 3.46. The number of aromatic nitrogens is 1. The molecule has 0 spiro atoms. The predicted molar refractivity (Wildman–Crippen MR) is 75.5 cm³/mol. The first kappa shape index (κ1) is 13.8. The molecule has 1 aromatic heterocycles. The summed E-state index contributed by atoms with van der Waals surface area (Å²) < 4.78 is 0.777. The third-order valence-corrected chi connectivity index (χ3v) is 4.20. The lowest BCUT2D eigenvalue weighted by atomic mass is 9.66. The number of carbonyl (C=O) groups is 1. The van der Waals surface area contributed by atoms with Crippen LogP contribution in [-0.2, 0) is 4.79 Å². The molecule has 1 aliphatic carbocycles. The second-order valence-electron chi connectivity index (χ2n) is 4.77. The van der Waals surface area contributed by atoms with Crippen LogP contribution < -0.4 is 11.1 Å². The minimum Gasteiger partial charge on any atom is -0.330 e. The van der Waals surface area contributed by atoms with Gasteiger partial charge in [0.2, 0.25) is 5.91 Å². The standard InChI is InChI=1S/C12H15BrClN3O/c13-8-4-9(11(14)16-6-8)17-10(18)5-12(7-15)2-1-3-12/h4,6H,1-3,5,7,15H2,(H,17,18). The molecule has 0 unspecified atom stereocenters. The van der Waals surface area contributed by atoms with Gasteiger partial charge in [0.05, 0.1) is 5.69 Å². The maximum absolute atomic E-state index is 12.0. The topological polar surface area (TPSA) is 68.0 Å². The normalized spacial score (nSPS) is 17.1. The molecule has 3 N–H and O–H groups in total. The van der Waals surface area contributed by atoms with Gasteiger partial charge in [-0.15, -0.1) is 0 Å². The molecular formula is C12H15BrClN3O. The molecule has 1 saturated carbocycles. The van der Waals surface area contributed by atoms with Crippen molar-refractivity contribution in [1.82, 2.24) is 4.98 Å². The highest BCUT2D eigenvalue weighted by molar-refractivity contribution is 9.10. The smallest absolute Gasteiger partial charge is 0.225 e. The Labute approximate surface area is 119 Å². The van der Waals surface area contributed by atoms with Crippen LogP contribution >= 0.6 is 27.5 Å². The third kappa shape index (κ3) is 3.02. The molecule has 0 aromatic carbocycles. The van der Waals surface area contributed by atoms with Crippen LogP contribution in [0.2, 0.25) is 5.15 Å². The van der Waals surface area contributed by atoms with Gasteiger partial charge in [-0.3, -0.25) is 4.79 Å². The van der Waals surface area contributed by atoms with Crippen LogP contribution in [0.1, 0.15) is 25.7 Å². The summed E-state index contributed by atoms with van der Waals surface area (Å²) in [5.74, 6) is -0.0537. The van der Waals surface area contributed by atoms with Crippen LogP contribution in [0.3, 0.4) is 0 Å². The Morgan fingerprint density at radius 3 is 2.89 bits per heavy atom. The van der Waals surface area contributed by atoms with Gasteiger partial charge in [-0.25, -0.2) is 4.98 Å². The molecule has 1 heterocycles. The van der Waals surface area contributed by atoms with Gasteiger partial charge < -0.3 is 11.1 Å². The van der Waals surface area contributed by atoms with Crippen molar-refractivity contribution in [1.29, 1.82) is 0 Å². The number of carbonyl (C=O) groups excluding carboxylic acids is 1. The largest absolute Gasteiger partial charge is 0.330 e. The fraction of sp³-hybridized carbons (Fsp3) is 0.500. The Kier molecular flexibility index (Phi) is 4.25. The molecule has 0 atom stereocenters. The number of nitrogens with zero attached hydrogens (tertiary/aromatic N) is 1. The monoisotopic (exact) mass is 331 g/mol. The average Bonchev–Trinajstić information content (AvgIpc) is 2.28. The number of hydrogen-bond acceptors (Lipinski definition) is 3. The molecule has 1 aliphatic rings. The average molecular weight is 333 g/mol. The van der Waals surface area contributed by atoms with Gasteiger partial charge in [-0.2, -0.15) is 0 Å². The molecule has 1 fully saturated rings. The lowest BCUT2D eigenvalue weighted by molar-refractivity contribution is -0.119. The lowest BCUT2D eigenvalue weighted by Crippen LogP contribution is -2.40. The van der Waals surface area contributed by atoms with E-state index in [2.05, 4.69) is 26.2 Å². The maximum Gasteiger partial charge on any atom is 0.225 e. The molecule has 1 aromatic rings. The first-order valence-corrected chi connectivity index (χ1v) is 7.03. The number of rotatable bonds is 4. The van der Waals surface area contributed by atoms with E-state index in [0.717, 1.165) is 23.7 Å². The summed E-state index contributed by atoms with van der Waals surface area (Å²) in [6.45, 7) is 0.560. The summed E-state index contributed by atoms with van der Waals surface area (Å²) in [6, 6.07) is 1.74. The molecule has 1 amide bonds. The molecule has 0 radical (unpaired) electrons. The summed E-state index contributed by atoms with van der Waals surface area (Å²) in [5, 5.41) is 3.08. The maximum atomic E-state index is 12.0. The van der Waals surface area contributed by atoms with Gasteiger partial charge in [0.25, 0.3) is 0 Å². The van der Waals surface area contributed by atoms with Crippen molar-refractivity contribution in [2.24, 2.45) is 11.1 Å². The summed E-state index contributed by atoms with van der Waals surface area (Å²) in [6.07, 6.45) is 5.25. The van der Waals surface area contributed by atoms with E-state index in [1.807, 2.05) is 0 Å². The lowest BCUT2D eigenvalue weighted by Gasteiger charge is -2.40. The van der Waals surface area contributed by atoms with E-state index < -0.39 is 0 Å². The number of nitrogens with two attached hydrogens (primary N) is 1. The Hall–Kier alpha value is -0.650. The van der Waals surface area contributed by atoms with E-state index in [-0.39, 0.29) is 11.3 Å². The van der Waals surface area contributed by atoms with E-state index in [1.54, 1.807) is 12.3 Å². The van der Waals surface area contributed by atoms with Crippen molar-refractivity contribution in [2.75, 3.05) is 11.9 Å². The van der Waals surface area contributed by atoms with Crippen LogP contribution in [-0.4, -0.2) is 17.4 Å². The van der Waals surface area contributed by atoms with E-state index >= 15 is 0 Å². The van der Waals surface area contributed by atoms with E-state index in [0.29, 0.717) is 23.8 Å². The predicted octanol–water partition coefficient (Wildman–Crippen LogP) is 2.96. The van der Waals surface area contributed by atoms with Gasteiger partial charge in [-0.05, 0) is 46.8 Å². The number of hydrogen-bond donors (Lipinski definition) is 2. The molecule has 4 nitrogen and oxygen atoms in total. The van der Waals surface area contributed by atoms with E-state index in [4.69, 9.17) is 17.3 Å². The number of anilines is 1. The van der Waals surface area contributed by atoms with Crippen LogP contribution in [0.5, 0.6) is 0 Å². The minimum atomic E-state index is -0.0537. The van der Waals surface area contributed by atoms with Gasteiger partial charge in [0, 0.05) is 17.1 Å². The van der Waals surface area contributed by atoms with Gasteiger partial charge >= 0.3 is 0 Å². The molecule has 0 aliphatic heterocycles. The zero-order chi connectivity index (χ0) is 13.2. The summed E-state index contributed by atoms with van der Waals surface area (Å²) in [7, 11) is 0. The molecule has 98 valence electrons. The van der Waals surface area contributed by atoms with E-state index in [1.165, 1.54) is 0 Å². The Morgan fingerprint density at radius 2 is 2.33 bits per heavy atom. The summed E-state index contributed by atoms with van der Waals surface area (Å²) >= 11 is 9.22. The second kappa shape index (κ2) is 5.55. The van der Waals surface area contributed by atoms with Gasteiger partial charge in [0.15, 0.2) is 5.15 Å². The van der Waals surface area contributed by atoms with Crippen molar-refractivity contribution >= 4 is 39.1 Å². The highest BCUT2D eigenvalue weighted by Gasteiger charge is 2.37. The van der Waals surface area contributed by atoms with Crippen molar-refractivity contribution < 1.29 is 4.79 Å². The SMILES string of the molecule is NCC1(CC(=O)Nc2cc(Br)cnc2Cl)CCC1. The molecule has 0 bridgehead atoms. The Bertz CT molecular complexity index is 457. The first-order chi connectivity index (χ1) is 8.54. The number of halogens is 2. The Morgan fingerprint density at radius 1 is 1.61 bits per heavy atom. The highest BCUT2D eigenvalue weighted by Crippen LogP contribution is 2.43. The van der Waals surface area contributed by atoms with Crippen LogP contribution in [0.25, 0.3) is 0 Å². The molecule has 0 saturated heterocycles.